The first-order valence-corrected chi connectivity index (χ1v) is 6.17. The second-order valence-electron chi connectivity index (χ2n) is 4.34. The number of hydrogen-bond donors (Lipinski definition) is 4. The summed E-state index contributed by atoms with van der Waals surface area (Å²) < 4.78 is 0. The number of anilines is 1. The molecule has 0 aliphatic heterocycles. The van der Waals surface area contributed by atoms with Crippen molar-refractivity contribution in [2.24, 2.45) is 0 Å². The van der Waals surface area contributed by atoms with Crippen molar-refractivity contribution >= 4 is 11.6 Å². The number of amides is 1. The van der Waals surface area contributed by atoms with E-state index in [1.807, 2.05) is 25.2 Å². The predicted octanol–water partition coefficient (Wildman–Crippen LogP) is 2.07. The van der Waals surface area contributed by atoms with Crippen LogP contribution in [0.5, 0.6) is 11.5 Å². The number of hydrogen-bond acceptors (Lipinski definition) is 4. The minimum atomic E-state index is -0.425. The van der Waals surface area contributed by atoms with Crippen LogP contribution in [0, 0.1) is 0 Å². The number of nitrogens with one attached hydrogen (secondary N) is 2. The van der Waals surface area contributed by atoms with Crippen LogP contribution in [0.25, 0.3) is 0 Å². The first-order chi connectivity index (χ1) is 9.61. The Morgan fingerprint density at radius 1 is 1.15 bits per heavy atom. The third-order valence-electron chi connectivity index (χ3n) is 2.86. The summed E-state index contributed by atoms with van der Waals surface area (Å²) in [4.78, 5) is 12.1. The molecule has 5 nitrogen and oxygen atoms in total. The van der Waals surface area contributed by atoms with E-state index >= 15 is 0 Å². The van der Waals surface area contributed by atoms with Crippen molar-refractivity contribution in [1.82, 2.24) is 5.32 Å². The number of aromatic hydroxyl groups is 2. The molecule has 0 spiro atoms. The normalized spacial score (nSPS) is 10.2. The van der Waals surface area contributed by atoms with Gasteiger partial charge in [-0.1, -0.05) is 18.2 Å². The third-order valence-corrected chi connectivity index (χ3v) is 2.86. The highest BCUT2D eigenvalue weighted by Gasteiger charge is 2.13. The van der Waals surface area contributed by atoms with E-state index in [1.54, 1.807) is 6.07 Å². The molecule has 5 heteroatoms. The van der Waals surface area contributed by atoms with Gasteiger partial charge in [0.15, 0.2) is 0 Å². The van der Waals surface area contributed by atoms with Gasteiger partial charge in [0.1, 0.15) is 11.5 Å². The zero-order chi connectivity index (χ0) is 14.5. The minimum Gasteiger partial charge on any atom is -0.508 e. The fourth-order valence-electron chi connectivity index (χ4n) is 1.89. The smallest absolute Gasteiger partial charge is 0.259 e. The van der Waals surface area contributed by atoms with E-state index in [2.05, 4.69) is 10.6 Å². The Morgan fingerprint density at radius 2 is 1.90 bits per heavy atom. The quantitative estimate of drug-likeness (QED) is 0.687. The van der Waals surface area contributed by atoms with Gasteiger partial charge < -0.3 is 20.8 Å². The van der Waals surface area contributed by atoms with Crippen LogP contribution in [-0.2, 0) is 6.54 Å². The van der Waals surface area contributed by atoms with E-state index in [4.69, 9.17) is 0 Å². The topological polar surface area (TPSA) is 81.6 Å². The molecule has 104 valence electrons. The Morgan fingerprint density at radius 3 is 2.60 bits per heavy atom. The van der Waals surface area contributed by atoms with Crippen LogP contribution in [-0.4, -0.2) is 23.2 Å². The van der Waals surface area contributed by atoms with Gasteiger partial charge in [0, 0.05) is 18.3 Å². The molecule has 0 saturated carbocycles. The first-order valence-electron chi connectivity index (χ1n) is 6.17. The standard InChI is InChI=1S/C15H16N2O3/c1-16-9-10-4-2-3-5-13(10)17-15(20)12-7-6-11(18)8-14(12)19/h2-8,16,18-19H,9H2,1H3,(H,17,20). The number of phenols is 2. The van der Waals surface area contributed by atoms with Gasteiger partial charge in [0.2, 0.25) is 0 Å². The van der Waals surface area contributed by atoms with Gasteiger partial charge in [0.25, 0.3) is 5.91 Å². The van der Waals surface area contributed by atoms with Crippen LogP contribution in [0.4, 0.5) is 5.69 Å². The summed E-state index contributed by atoms with van der Waals surface area (Å²) in [6.45, 7) is 0.623. The lowest BCUT2D eigenvalue weighted by Crippen LogP contribution is -2.15. The minimum absolute atomic E-state index is 0.0883. The maximum Gasteiger partial charge on any atom is 0.259 e. The molecule has 0 fully saturated rings. The van der Waals surface area contributed by atoms with Gasteiger partial charge in [-0.2, -0.15) is 0 Å². The number of carbonyl (C=O) groups excluding carboxylic acids is 1. The molecule has 2 rings (SSSR count). The molecule has 2 aromatic carbocycles. The van der Waals surface area contributed by atoms with Crippen molar-refractivity contribution in [2.75, 3.05) is 12.4 Å². The van der Waals surface area contributed by atoms with Crippen molar-refractivity contribution < 1.29 is 15.0 Å². The maximum absolute atomic E-state index is 12.1. The number of rotatable bonds is 4. The number of phenolic OH excluding ortho intramolecular Hbond substituents is 2. The molecule has 0 radical (unpaired) electrons. The summed E-state index contributed by atoms with van der Waals surface area (Å²) in [5.41, 5.74) is 1.74. The van der Waals surface area contributed by atoms with Gasteiger partial charge in [-0.15, -0.1) is 0 Å². The molecule has 2 aromatic rings. The second-order valence-corrected chi connectivity index (χ2v) is 4.34. The average molecular weight is 272 g/mol. The highest BCUT2D eigenvalue weighted by molar-refractivity contribution is 6.06. The SMILES string of the molecule is CNCc1ccccc1NC(=O)c1ccc(O)cc1O. The van der Waals surface area contributed by atoms with Crippen LogP contribution in [0.2, 0.25) is 0 Å². The lowest BCUT2D eigenvalue weighted by molar-refractivity contribution is 0.102. The van der Waals surface area contributed by atoms with E-state index in [0.29, 0.717) is 12.2 Å². The summed E-state index contributed by atoms with van der Waals surface area (Å²) >= 11 is 0. The van der Waals surface area contributed by atoms with Crippen LogP contribution in [0.1, 0.15) is 15.9 Å². The third kappa shape index (κ3) is 3.07. The number of carbonyl (C=O) groups is 1. The Hall–Kier alpha value is -2.53. The van der Waals surface area contributed by atoms with Crippen LogP contribution >= 0.6 is 0 Å². The highest BCUT2D eigenvalue weighted by atomic mass is 16.3. The molecule has 20 heavy (non-hydrogen) atoms. The Labute approximate surface area is 116 Å². The average Bonchev–Trinajstić information content (AvgIpc) is 2.41. The van der Waals surface area contributed by atoms with Crippen LogP contribution < -0.4 is 10.6 Å². The lowest BCUT2D eigenvalue weighted by atomic mass is 10.1. The molecule has 0 aliphatic rings. The second kappa shape index (κ2) is 6.08. The molecular weight excluding hydrogens is 256 g/mol. The van der Waals surface area contributed by atoms with E-state index in [-0.39, 0.29) is 17.1 Å². The zero-order valence-electron chi connectivity index (χ0n) is 11.1. The van der Waals surface area contributed by atoms with Gasteiger partial charge in [0.05, 0.1) is 5.56 Å². The fraction of sp³-hybridized carbons (Fsp3) is 0.133. The van der Waals surface area contributed by atoms with Crippen molar-refractivity contribution in [3.8, 4) is 11.5 Å². The molecule has 0 atom stereocenters. The van der Waals surface area contributed by atoms with E-state index in [9.17, 15) is 15.0 Å². The zero-order valence-corrected chi connectivity index (χ0v) is 11.1. The van der Waals surface area contributed by atoms with Crippen molar-refractivity contribution in [2.45, 2.75) is 6.54 Å². The molecule has 0 saturated heterocycles. The summed E-state index contributed by atoms with van der Waals surface area (Å²) in [5.74, 6) is -0.769. The van der Waals surface area contributed by atoms with Crippen LogP contribution in [0.15, 0.2) is 42.5 Å². The van der Waals surface area contributed by atoms with Crippen molar-refractivity contribution in [3.05, 3.63) is 53.6 Å². The summed E-state index contributed by atoms with van der Waals surface area (Å²) in [6, 6.07) is 11.3. The summed E-state index contributed by atoms with van der Waals surface area (Å²) in [7, 11) is 1.82. The van der Waals surface area contributed by atoms with Gasteiger partial charge in [-0.25, -0.2) is 0 Å². The van der Waals surface area contributed by atoms with Crippen LogP contribution in [0.3, 0.4) is 0 Å². The Bertz CT molecular complexity index is 626. The molecule has 4 N–H and O–H groups in total. The van der Waals surface area contributed by atoms with E-state index < -0.39 is 5.91 Å². The monoisotopic (exact) mass is 272 g/mol. The summed E-state index contributed by atoms with van der Waals surface area (Å²) in [6.07, 6.45) is 0. The molecule has 0 aromatic heterocycles. The predicted molar refractivity (Wildman–Crippen MR) is 76.9 cm³/mol. The molecule has 0 unspecified atom stereocenters. The largest absolute Gasteiger partial charge is 0.508 e. The van der Waals surface area contributed by atoms with E-state index in [1.165, 1.54) is 12.1 Å². The summed E-state index contributed by atoms with van der Waals surface area (Å²) in [5, 5.41) is 24.7. The molecule has 1 amide bonds. The van der Waals surface area contributed by atoms with Crippen molar-refractivity contribution in [1.29, 1.82) is 0 Å². The number of benzene rings is 2. The molecular formula is C15H16N2O3. The highest BCUT2D eigenvalue weighted by Crippen LogP contribution is 2.24. The van der Waals surface area contributed by atoms with Gasteiger partial charge in [-0.05, 0) is 30.8 Å². The van der Waals surface area contributed by atoms with E-state index in [0.717, 1.165) is 11.6 Å². The van der Waals surface area contributed by atoms with Crippen molar-refractivity contribution in [3.63, 3.8) is 0 Å². The van der Waals surface area contributed by atoms with Gasteiger partial charge in [-0.3, -0.25) is 4.79 Å². The van der Waals surface area contributed by atoms with Gasteiger partial charge >= 0.3 is 0 Å². The maximum atomic E-state index is 12.1. The Kier molecular flexibility index (Phi) is 4.22. The molecule has 0 bridgehead atoms. The fourth-order valence-corrected chi connectivity index (χ4v) is 1.89. The first kappa shape index (κ1) is 13.9. The molecule has 0 heterocycles. The molecule has 0 aliphatic carbocycles. The number of para-hydroxylation sites is 1. The lowest BCUT2D eigenvalue weighted by Gasteiger charge is -2.11. The Balaban J connectivity index is 2.23.